The first-order chi connectivity index (χ1) is 9.19. The monoisotopic (exact) mass is 278 g/mol. The first-order valence-corrected chi connectivity index (χ1v) is 6.64. The maximum Gasteiger partial charge on any atom is 0.338 e. The van der Waals surface area contributed by atoms with Crippen LogP contribution in [0.15, 0.2) is 35.7 Å². The smallest absolute Gasteiger partial charge is 0.338 e. The lowest BCUT2D eigenvalue weighted by Crippen LogP contribution is -2.04. The zero-order valence-corrected chi connectivity index (χ0v) is 11.3. The molecule has 0 bridgehead atoms. The van der Waals surface area contributed by atoms with Gasteiger partial charge in [-0.2, -0.15) is 0 Å². The van der Waals surface area contributed by atoms with E-state index in [-0.39, 0.29) is 11.3 Å². The van der Waals surface area contributed by atoms with Crippen molar-refractivity contribution in [3.05, 3.63) is 46.2 Å². The van der Waals surface area contributed by atoms with Gasteiger partial charge in [-0.15, -0.1) is 11.3 Å². The number of aromatic hydroxyl groups is 1. The van der Waals surface area contributed by atoms with E-state index in [4.69, 9.17) is 4.74 Å². The molecule has 0 aliphatic heterocycles. The molecule has 0 amide bonds. The van der Waals surface area contributed by atoms with Gasteiger partial charge in [-0.3, -0.25) is 0 Å². The molecule has 2 rings (SSSR count). The molecule has 100 valence electrons. The highest BCUT2D eigenvalue weighted by Gasteiger charge is 2.09. The maximum absolute atomic E-state index is 11.4. The third kappa shape index (κ3) is 3.72. The average molecular weight is 278 g/mol. The lowest BCUT2D eigenvalue weighted by Gasteiger charge is -2.08. The van der Waals surface area contributed by atoms with Gasteiger partial charge in [0.25, 0.3) is 0 Å². The summed E-state index contributed by atoms with van der Waals surface area (Å²) < 4.78 is 10.1. The number of phenols is 1. The molecule has 1 N–H and O–H groups in total. The Hall–Kier alpha value is -2.01. The second-order valence-electron chi connectivity index (χ2n) is 3.88. The predicted octanol–water partition coefficient (Wildman–Crippen LogP) is 2.86. The van der Waals surface area contributed by atoms with Crippen LogP contribution in [-0.2, 0) is 11.2 Å². The third-order valence-electron chi connectivity index (χ3n) is 2.51. The minimum Gasteiger partial charge on any atom is -0.508 e. The van der Waals surface area contributed by atoms with Gasteiger partial charge in [0.2, 0.25) is 0 Å². The minimum atomic E-state index is -0.501. The van der Waals surface area contributed by atoms with Crippen LogP contribution in [-0.4, -0.2) is 24.8 Å². The van der Waals surface area contributed by atoms with E-state index in [1.807, 2.05) is 17.5 Å². The van der Waals surface area contributed by atoms with E-state index in [1.165, 1.54) is 24.1 Å². The summed E-state index contributed by atoms with van der Waals surface area (Å²) in [5.74, 6) is -0.0648. The number of benzene rings is 1. The first-order valence-electron chi connectivity index (χ1n) is 5.76. The molecular weight excluding hydrogens is 264 g/mol. The zero-order chi connectivity index (χ0) is 13.7. The standard InChI is InChI=1S/C14H14O4S/c1-17-14(16)10-7-11(15)9-12(8-10)18-5-4-13-3-2-6-19-13/h2-3,6-9,15H,4-5H2,1H3. The number of hydrogen-bond acceptors (Lipinski definition) is 5. The van der Waals surface area contributed by atoms with Crippen molar-refractivity contribution < 1.29 is 19.4 Å². The van der Waals surface area contributed by atoms with E-state index in [9.17, 15) is 9.90 Å². The Morgan fingerprint density at radius 1 is 1.37 bits per heavy atom. The van der Waals surface area contributed by atoms with Crippen LogP contribution in [0.2, 0.25) is 0 Å². The molecule has 0 unspecified atom stereocenters. The van der Waals surface area contributed by atoms with E-state index >= 15 is 0 Å². The number of esters is 1. The molecule has 0 fully saturated rings. The van der Waals surface area contributed by atoms with Crippen LogP contribution in [0.3, 0.4) is 0 Å². The Morgan fingerprint density at radius 2 is 2.21 bits per heavy atom. The summed E-state index contributed by atoms with van der Waals surface area (Å²) >= 11 is 1.67. The Morgan fingerprint density at radius 3 is 2.89 bits per heavy atom. The molecule has 4 nitrogen and oxygen atoms in total. The first kappa shape index (κ1) is 13.4. The van der Waals surface area contributed by atoms with Crippen molar-refractivity contribution in [3.8, 4) is 11.5 Å². The van der Waals surface area contributed by atoms with Crippen molar-refractivity contribution in [2.75, 3.05) is 13.7 Å². The fraction of sp³-hybridized carbons (Fsp3) is 0.214. The summed E-state index contributed by atoms with van der Waals surface area (Å²) in [6.07, 6.45) is 0.793. The lowest BCUT2D eigenvalue weighted by molar-refractivity contribution is 0.0599. The van der Waals surface area contributed by atoms with Gasteiger partial charge >= 0.3 is 5.97 Å². The van der Waals surface area contributed by atoms with Crippen molar-refractivity contribution in [1.29, 1.82) is 0 Å². The summed E-state index contributed by atoms with van der Waals surface area (Å²) in [7, 11) is 1.30. The predicted molar refractivity (Wildman–Crippen MR) is 73.0 cm³/mol. The summed E-state index contributed by atoms with van der Waals surface area (Å²) in [5.41, 5.74) is 0.272. The SMILES string of the molecule is COC(=O)c1cc(O)cc(OCCc2cccs2)c1. The number of carbonyl (C=O) groups is 1. The van der Waals surface area contributed by atoms with Crippen LogP contribution in [0.5, 0.6) is 11.5 Å². The molecule has 0 aliphatic rings. The highest BCUT2D eigenvalue weighted by Crippen LogP contribution is 2.22. The van der Waals surface area contributed by atoms with Gasteiger partial charge in [-0.05, 0) is 23.6 Å². The molecule has 5 heteroatoms. The summed E-state index contributed by atoms with van der Waals surface area (Å²) in [6, 6.07) is 8.40. The summed E-state index contributed by atoms with van der Waals surface area (Å²) in [6.45, 7) is 0.491. The zero-order valence-electron chi connectivity index (χ0n) is 10.5. The second kappa shape index (κ2) is 6.24. The molecule has 0 aliphatic carbocycles. The molecule has 0 saturated heterocycles. The maximum atomic E-state index is 11.4. The second-order valence-corrected chi connectivity index (χ2v) is 4.92. The fourth-order valence-corrected chi connectivity index (χ4v) is 2.32. The Bertz CT molecular complexity index is 549. The Kier molecular flexibility index (Phi) is 4.41. The molecule has 2 aromatic rings. The van der Waals surface area contributed by atoms with Gasteiger partial charge in [0.05, 0.1) is 19.3 Å². The lowest BCUT2D eigenvalue weighted by atomic mass is 10.2. The molecule has 0 radical (unpaired) electrons. The Labute approximate surface area is 115 Å². The van der Waals surface area contributed by atoms with Crippen LogP contribution in [0.4, 0.5) is 0 Å². The molecule has 1 heterocycles. The molecule has 0 atom stereocenters. The van der Waals surface area contributed by atoms with E-state index < -0.39 is 5.97 Å². The van der Waals surface area contributed by atoms with Crippen LogP contribution in [0, 0.1) is 0 Å². The van der Waals surface area contributed by atoms with E-state index in [1.54, 1.807) is 17.4 Å². The average Bonchev–Trinajstić information content (AvgIpc) is 2.90. The van der Waals surface area contributed by atoms with E-state index in [0.717, 1.165) is 6.42 Å². The molecule has 0 spiro atoms. The number of hydrogen-bond donors (Lipinski definition) is 1. The van der Waals surface area contributed by atoms with Crippen molar-refractivity contribution in [2.24, 2.45) is 0 Å². The molecule has 1 aromatic heterocycles. The highest BCUT2D eigenvalue weighted by molar-refractivity contribution is 7.09. The molecule has 19 heavy (non-hydrogen) atoms. The number of thiophene rings is 1. The minimum absolute atomic E-state index is 0.0194. The van der Waals surface area contributed by atoms with Gasteiger partial charge in [0.15, 0.2) is 0 Å². The largest absolute Gasteiger partial charge is 0.508 e. The van der Waals surface area contributed by atoms with Gasteiger partial charge in [-0.25, -0.2) is 4.79 Å². The van der Waals surface area contributed by atoms with Crippen molar-refractivity contribution in [3.63, 3.8) is 0 Å². The normalized spacial score (nSPS) is 10.2. The third-order valence-corrected chi connectivity index (χ3v) is 3.45. The van der Waals surface area contributed by atoms with Gasteiger partial charge in [-0.1, -0.05) is 6.07 Å². The van der Waals surface area contributed by atoms with Crippen LogP contribution in [0.25, 0.3) is 0 Å². The fourth-order valence-electron chi connectivity index (χ4n) is 1.63. The van der Waals surface area contributed by atoms with Crippen LogP contribution in [0.1, 0.15) is 15.2 Å². The van der Waals surface area contributed by atoms with E-state index in [0.29, 0.717) is 12.4 Å². The number of carbonyl (C=O) groups excluding carboxylic acids is 1. The molecule has 1 aromatic carbocycles. The topological polar surface area (TPSA) is 55.8 Å². The van der Waals surface area contributed by atoms with Crippen LogP contribution < -0.4 is 4.74 Å². The van der Waals surface area contributed by atoms with E-state index in [2.05, 4.69) is 4.74 Å². The van der Waals surface area contributed by atoms with Crippen molar-refractivity contribution in [2.45, 2.75) is 6.42 Å². The number of phenolic OH excluding ortho intramolecular Hbond substituents is 1. The number of methoxy groups -OCH3 is 1. The van der Waals surface area contributed by atoms with Crippen molar-refractivity contribution in [1.82, 2.24) is 0 Å². The number of ether oxygens (including phenoxy) is 2. The summed E-state index contributed by atoms with van der Waals surface area (Å²) in [5, 5.41) is 11.5. The number of rotatable bonds is 5. The summed E-state index contributed by atoms with van der Waals surface area (Å²) in [4.78, 5) is 12.6. The van der Waals surface area contributed by atoms with Gasteiger partial charge in [0.1, 0.15) is 11.5 Å². The molecule has 0 saturated carbocycles. The van der Waals surface area contributed by atoms with Crippen LogP contribution >= 0.6 is 11.3 Å². The van der Waals surface area contributed by atoms with Gasteiger partial charge in [0, 0.05) is 17.4 Å². The van der Waals surface area contributed by atoms with Gasteiger partial charge < -0.3 is 14.6 Å². The Balaban J connectivity index is 1.99. The quantitative estimate of drug-likeness (QED) is 0.854. The highest BCUT2D eigenvalue weighted by atomic mass is 32.1. The van der Waals surface area contributed by atoms with Crippen molar-refractivity contribution >= 4 is 17.3 Å². The molecular formula is C14H14O4S.